The van der Waals surface area contributed by atoms with E-state index in [0.29, 0.717) is 48.3 Å². The maximum absolute atomic E-state index is 13.5. The normalized spacial score (nSPS) is 10.6. The summed E-state index contributed by atoms with van der Waals surface area (Å²) in [5.74, 6) is 1.31. The van der Waals surface area contributed by atoms with Crippen molar-refractivity contribution in [3.8, 4) is 28.4 Å². The lowest BCUT2D eigenvalue weighted by Gasteiger charge is -2.13. The van der Waals surface area contributed by atoms with Crippen LogP contribution in [-0.2, 0) is 18.0 Å². The van der Waals surface area contributed by atoms with Gasteiger partial charge in [-0.1, -0.05) is 60.7 Å². The van der Waals surface area contributed by atoms with E-state index in [9.17, 15) is 9.18 Å². The molecule has 0 aliphatic heterocycles. The Hall–Kier alpha value is -4.91. The van der Waals surface area contributed by atoms with Crippen LogP contribution < -0.4 is 14.8 Å². The summed E-state index contributed by atoms with van der Waals surface area (Å²) in [4.78, 5) is 11.3. The number of nitrogens with one attached hydrogen (secondary N) is 1. The van der Waals surface area contributed by atoms with Gasteiger partial charge in [0.25, 0.3) is 0 Å². The first kappa shape index (κ1) is 23.8. The summed E-state index contributed by atoms with van der Waals surface area (Å²) in [7, 11) is 0. The molecule has 0 radical (unpaired) electrons. The molecule has 1 aromatic heterocycles. The molecule has 1 amide bonds. The average Bonchev–Trinajstić information content (AvgIpc) is 3.36. The van der Waals surface area contributed by atoms with Crippen LogP contribution in [0.5, 0.6) is 11.5 Å². The van der Waals surface area contributed by atoms with Gasteiger partial charge in [-0.2, -0.15) is 5.10 Å². The summed E-state index contributed by atoms with van der Waals surface area (Å²) in [6.45, 7) is 0.777. The zero-order chi connectivity index (χ0) is 25.5. The van der Waals surface area contributed by atoms with E-state index in [0.717, 1.165) is 16.7 Å². The van der Waals surface area contributed by atoms with Gasteiger partial charge in [0, 0.05) is 17.7 Å². The molecule has 1 heterocycles. The van der Waals surface area contributed by atoms with E-state index in [1.807, 2.05) is 78.9 Å². The third kappa shape index (κ3) is 5.85. The van der Waals surface area contributed by atoms with Gasteiger partial charge in [0.2, 0.25) is 6.41 Å². The highest BCUT2D eigenvalue weighted by Gasteiger charge is 2.16. The van der Waals surface area contributed by atoms with Crippen molar-refractivity contribution >= 4 is 12.2 Å². The number of ether oxygens (including phenoxy) is 2. The van der Waals surface area contributed by atoms with Crippen molar-refractivity contribution in [1.29, 1.82) is 0 Å². The molecular formula is C30H24FN3O3. The number of carbonyl (C=O) groups excluding carboxylic acids is 1. The van der Waals surface area contributed by atoms with E-state index in [1.54, 1.807) is 22.9 Å². The summed E-state index contributed by atoms with van der Waals surface area (Å²) in [5.41, 5.74) is 3.97. The highest BCUT2D eigenvalue weighted by atomic mass is 19.1. The second-order valence-corrected chi connectivity index (χ2v) is 8.27. The number of carbonyl (C=O) groups is 1. The van der Waals surface area contributed by atoms with E-state index in [4.69, 9.17) is 9.47 Å². The molecule has 0 saturated carbocycles. The van der Waals surface area contributed by atoms with E-state index in [-0.39, 0.29) is 5.82 Å². The van der Waals surface area contributed by atoms with E-state index in [1.165, 1.54) is 12.1 Å². The lowest BCUT2D eigenvalue weighted by atomic mass is 10.1. The van der Waals surface area contributed by atoms with Crippen molar-refractivity contribution < 1.29 is 18.7 Å². The third-order valence-corrected chi connectivity index (χ3v) is 5.70. The van der Waals surface area contributed by atoms with Gasteiger partial charge in [-0.25, -0.2) is 9.07 Å². The fourth-order valence-corrected chi connectivity index (χ4v) is 3.85. The molecule has 0 aliphatic carbocycles. The molecule has 184 valence electrons. The van der Waals surface area contributed by atoms with Crippen LogP contribution in [0.4, 0.5) is 10.2 Å². The molecule has 37 heavy (non-hydrogen) atoms. The van der Waals surface area contributed by atoms with Crippen molar-refractivity contribution in [2.45, 2.75) is 13.2 Å². The smallest absolute Gasteiger partial charge is 0.212 e. The van der Waals surface area contributed by atoms with Crippen molar-refractivity contribution in [1.82, 2.24) is 9.78 Å². The molecule has 0 bridgehead atoms. The van der Waals surface area contributed by atoms with E-state index < -0.39 is 0 Å². The fourth-order valence-electron chi connectivity index (χ4n) is 3.85. The summed E-state index contributed by atoms with van der Waals surface area (Å²) in [6, 6.07) is 33.0. The molecule has 6 nitrogen and oxygen atoms in total. The van der Waals surface area contributed by atoms with Crippen LogP contribution in [0, 0.1) is 5.82 Å². The Kier molecular flexibility index (Phi) is 7.22. The van der Waals surface area contributed by atoms with Gasteiger partial charge in [0.05, 0.1) is 11.4 Å². The topological polar surface area (TPSA) is 65.4 Å². The largest absolute Gasteiger partial charge is 0.489 e. The molecule has 0 aliphatic rings. The first-order valence-electron chi connectivity index (χ1n) is 11.7. The second-order valence-electron chi connectivity index (χ2n) is 8.27. The van der Waals surface area contributed by atoms with Crippen LogP contribution in [0.15, 0.2) is 109 Å². The zero-order valence-corrected chi connectivity index (χ0v) is 19.9. The quantitative estimate of drug-likeness (QED) is 0.229. The number of halogens is 1. The number of anilines is 1. The van der Waals surface area contributed by atoms with Crippen LogP contribution in [0.2, 0.25) is 0 Å². The SMILES string of the molecule is O=CNc1cc(-c2ccc(OCc3ccccc3)cc2OCc2ccccc2)nn1-c1ccc(F)cc1. The van der Waals surface area contributed by atoms with Gasteiger partial charge in [-0.15, -0.1) is 0 Å². The third-order valence-electron chi connectivity index (χ3n) is 5.70. The highest BCUT2D eigenvalue weighted by molar-refractivity contribution is 5.76. The fraction of sp³-hybridized carbons (Fsp3) is 0.0667. The van der Waals surface area contributed by atoms with Gasteiger partial charge >= 0.3 is 0 Å². The number of nitrogens with zero attached hydrogens (tertiary/aromatic N) is 2. The number of benzene rings is 4. The monoisotopic (exact) mass is 493 g/mol. The van der Waals surface area contributed by atoms with E-state index in [2.05, 4.69) is 10.4 Å². The van der Waals surface area contributed by atoms with Crippen LogP contribution in [0.1, 0.15) is 11.1 Å². The van der Waals surface area contributed by atoms with E-state index >= 15 is 0 Å². The molecule has 5 rings (SSSR count). The number of amides is 1. The molecule has 0 spiro atoms. The van der Waals surface area contributed by atoms with Crippen LogP contribution in [0.25, 0.3) is 16.9 Å². The van der Waals surface area contributed by atoms with Gasteiger partial charge in [-0.05, 0) is 47.5 Å². The molecule has 7 heteroatoms. The number of rotatable bonds is 10. The van der Waals surface area contributed by atoms with Gasteiger partial charge in [0.15, 0.2) is 0 Å². The Bertz CT molecular complexity index is 1470. The molecule has 0 fully saturated rings. The zero-order valence-electron chi connectivity index (χ0n) is 19.9. The minimum atomic E-state index is -0.358. The lowest BCUT2D eigenvalue weighted by molar-refractivity contribution is -0.105. The molecular weight excluding hydrogens is 469 g/mol. The summed E-state index contributed by atoms with van der Waals surface area (Å²) >= 11 is 0. The first-order chi connectivity index (χ1) is 18.2. The first-order valence-corrected chi connectivity index (χ1v) is 11.7. The molecule has 4 aromatic carbocycles. The Balaban J connectivity index is 1.49. The summed E-state index contributed by atoms with van der Waals surface area (Å²) < 4.78 is 27.3. The lowest BCUT2D eigenvalue weighted by Crippen LogP contribution is -2.04. The van der Waals surface area contributed by atoms with Crippen molar-refractivity contribution in [3.05, 3.63) is 126 Å². The molecule has 0 saturated heterocycles. The molecule has 0 unspecified atom stereocenters. The van der Waals surface area contributed by atoms with Crippen molar-refractivity contribution in [2.24, 2.45) is 0 Å². The number of hydrogen-bond donors (Lipinski definition) is 1. The summed E-state index contributed by atoms with van der Waals surface area (Å²) in [6.07, 6.45) is 0.578. The average molecular weight is 494 g/mol. The minimum absolute atomic E-state index is 0.355. The van der Waals surface area contributed by atoms with Gasteiger partial charge in [0.1, 0.15) is 36.3 Å². The van der Waals surface area contributed by atoms with Crippen LogP contribution in [-0.4, -0.2) is 16.2 Å². The number of hydrogen-bond acceptors (Lipinski definition) is 4. The molecule has 5 aromatic rings. The minimum Gasteiger partial charge on any atom is -0.489 e. The Labute approximate surface area is 213 Å². The second kappa shape index (κ2) is 11.2. The van der Waals surface area contributed by atoms with Crippen LogP contribution in [0.3, 0.4) is 0 Å². The van der Waals surface area contributed by atoms with Gasteiger partial charge in [-0.3, -0.25) is 4.79 Å². The van der Waals surface area contributed by atoms with Gasteiger partial charge < -0.3 is 14.8 Å². The Morgan fingerprint density at radius 1 is 0.784 bits per heavy atom. The van der Waals surface area contributed by atoms with Crippen LogP contribution >= 0.6 is 0 Å². The predicted molar refractivity (Wildman–Crippen MR) is 140 cm³/mol. The number of aromatic nitrogens is 2. The summed E-state index contributed by atoms with van der Waals surface area (Å²) in [5, 5.41) is 7.36. The molecule has 1 N–H and O–H groups in total. The highest BCUT2D eigenvalue weighted by Crippen LogP contribution is 2.35. The maximum Gasteiger partial charge on any atom is 0.212 e. The maximum atomic E-state index is 13.5. The molecule has 0 atom stereocenters. The Morgan fingerprint density at radius 3 is 2.08 bits per heavy atom. The van der Waals surface area contributed by atoms with Crippen molar-refractivity contribution in [2.75, 3.05) is 5.32 Å². The Morgan fingerprint density at radius 2 is 1.43 bits per heavy atom. The van der Waals surface area contributed by atoms with Crippen molar-refractivity contribution in [3.63, 3.8) is 0 Å². The standard InChI is InChI=1S/C30H24FN3O3/c31-24-11-13-25(14-12-24)34-30(32-21-35)18-28(33-34)27-16-15-26(36-19-22-7-3-1-4-8-22)17-29(27)37-20-23-9-5-2-6-10-23/h1-18,21H,19-20H2,(H,32,35). The predicted octanol–water partition coefficient (Wildman–Crippen LogP) is 6.40.